The van der Waals surface area contributed by atoms with E-state index in [2.05, 4.69) is 60.6 Å². The number of nitrogens with one attached hydrogen (secondary N) is 1. The Kier molecular flexibility index (Phi) is 4.05. The van der Waals surface area contributed by atoms with Gasteiger partial charge >= 0.3 is 0 Å². The van der Waals surface area contributed by atoms with Gasteiger partial charge in [0, 0.05) is 25.6 Å². The van der Waals surface area contributed by atoms with Crippen LogP contribution in [0.4, 0.5) is 0 Å². The molecular formula is C21H26N2O. The molecule has 3 nitrogen and oxygen atoms in total. The van der Waals surface area contributed by atoms with Gasteiger partial charge in [-0.1, -0.05) is 36.4 Å². The molecule has 1 aliphatic heterocycles. The van der Waals surface area contributed by atoms with E-state index in [9.17, 15) is 4.79 Å². The predicted octanol–water partition coefficient (Wildman–Crippen LogP) is 3.49. The van der Waals surface area contributed by atoms with Crippen molar-refractivity contribution in [3.05, 3.63) is 47.5 Å². The molecule has 1 saturated carbocycles. The number of rotatable bonds is 3. The first-order valence-electron chi connectivity index (χ1n) is 9.06. The summed E-state index contributed by atoms with van der Waals surface area (Å²) < 4.78 is 0. The molecule has 126 valence electrons. The minimum Gasteiger partial charge on any atom is -0.356 e. The number of benzene rings is 2. The topological polar surface area (TPSA) is 32.3 Å². The van der Waals surface area contributed by atoms with Crippen molar-refractivity contribution in [2.24, 2.45) is 11.8 Å². The monoisotopic (exact) mass is 322 g/mol. The fraction of sp³-hybridized carbons (Fsp3) is 0.476. The van der Waals surface area contributed by atoms with Gasteiger partial charge in [-0.2, -0.15) is 0 Å². The molecule has 1 aliphatic carbocycles. The number of aryl methyl sites for hydroxylation is 1. The van der Waals surface area contributed by atoms with Gasteiger partial charge in [0.2, 0.25) is 5.91 Å². The summed E-state index contributed by atoms with van der Waals surface area (Å²) in [6, 6.07) is 13.8. The van der Waals surface area contributed by atoms with E-state index in [-0.39, 0.29) is 5.91 Å². The van der Waals surface area contributed by atoms with Crippen molar-refractivity contribution >= 4 is 16.7 Å². The molecule has 2 fully saturated rings. The number of fused-ring (bicyclic) bond motifs is 2. The van der Waals surface area contributed by atoms with Crippen molar-refractivity contribution in [1.82, 2.24) is 10.2 Å². The zero-order chi connectivity index (χ0) is 16.7. The van der Waals surface area contributed by atoms with Gasteiger partial charge in [-0.3, -0.25) is 9.69 Å². The summed E-state index contributed by atoms with van der Waals surface area (Å²) in [7, 11) is 2.24. The number of piperidine rings is 1. The maximum absolute atomic E-state index is 11.6. The zero-order valence-electron chi connectivity index (χ0n) is 14.6. The lowest BCUT2D eigenvalue weighted by Crippen LogP contribution is -2.38. The molecule has 0 spiro atoms. The standard InChI is InChI=1S/C21H26N2O/c1-14-7-8-15(20-6-4-3-5-19(14)20)13-23(2)18-9-16-11-21(24)22-12-17(16)10-18/h3-8,16-18H,9-13H2,1-2H3,(H,22,24)/t16-,17+,18-/m1/s1. The van der Waals surface area contributed by atoms with Crippen molar-refractivity contribution in [2.75, 3.05) is 13.6 Å². The van der Waals surface area contributed by atoms with Crippen LogP contribution in [0.15, 0.2) is 36.4 Å². The summed E-state index contributed by atoms with van der Waals surface area (Å²) in [5.41, 5.74) is 2.75. The number of nitrogens with zero attached hydrogens (tertiary/aromatic N) is 1. The van der Waals surface area contributed by atoms with Crippen LogP contribution in [-0.2, 0) is 11.3 Å². The van der Waals surface area contributed by atoms with Crippen LogP contribution in [0, 0.1) is 18.8 Å². The van der Waals surface area contributed by atoms with Crippen molar-refractivity contribution < 1.29 is 4.79 Å². The number of carbonyl (C=O) groups is 1. The molecule has 24 heavy (non-hydrogen) atoms. The van der Waals surface area contributed by atoms with E-state index in [1.165, 1.54) is 34.7 Å². The molecule has 2 aromatic rings. The molecule has 1 saturated heterocycles. The highest BCUT2D eigenvalue weighted by Gasteiger charge is 2.39. The highest BCUT2D eigenvalue weighted by molar-refractivity contribution is 5.88. The first kappa shape index (κ1) is 15.6. The molecular weight excluding hydrogens is 296 g/mol. The van der Waals surface area contributed by atoms with E-state index in [1.54, 1.807) is 0 Å². The average molecular weight is 322 g/mol. The second kappa shape index (κ2) is 6.21. The summed E-state index contributed by atoms with van der Waals surface area (Å²) in [5.74, 6) is 1.50. The first-order valence-corrected chi connectivity index (χ1v) is 9.06. The van der Waals surface area contributed by atoms with Gasteiger partial charge in [0.1, 0.15) is 0 Å². The maximum Gasteiger partial charge on any atom is 0.220 e. The molecule has 0 bridgehead atoms. The summed E-state index contributed by atoms with van der Waals surface area (Å²) >= 11 is 0. The van der Waals surface area contributed by atoms with Crippen LogP contribution in [-0.4, -0.2) is 30.4 Å². The summed E-state index contributed by atoms with van der Waals surface area (Å²) in [5, 5.41) is 5.77. The highest BCUT2D eigenvalue weighted by atomic mass is 16.1. The minimum atomic E-state index is 0.240. The normalized spacial score (nSPS) is 26.6. The van der Waals surface area contributed by atoms with Crippen LogP contribution >= 0.6 is 0 Å². The molecule has 0 aromatic heterocycles. The lowest BCUT2D eigenvalue weighted by molar-refractivity contribution is -0.124. The van der Waals surface area contributed by atoms with Crippen LogP contribution in [0.2, 0.25) is 0 Å². The molecule has 2 aromatic carbocycles. The van der Waals surface area contributed by atoms with Gasteiger partial charge in [0.05, 0.1) is 0 Å². The Morgan fingerprint density at radius 1 is 1.08 bits per heavy atom. The van der Waals surface area contributed by atoms with Gasteiger partial charge in [0.25, 0.3) is 0 Å². The number of hydrogen-bond donors (Lipinski definition) is 1. The number of hydrogen-bond acceptors (Lipinski definition) is 2. The fourth-order valence-electron chi connectivity index (χ4n) is 4.64. The summed E-state index contributed by atoms with van der Waals surface area (Å²) in [6.45, 7) is 4.04. The van der Waals surface area contributed by atoms with Crippen LogP contribution < -0.4 is 5.32 Å². The zero-order valence-corrected chi connectivity index (χ0v) is 14.6. The van der Waals surface area contributed by atoms with E-state index in [1.807, 2.05) is 0 Å². The molecule has 3 atom stereocenters. The Hall–Kier alpha value is -1.87. The third-order valence-corrected chi connectivity index (χ3v) is 6.10. The van der Waals surface area contributed by atoms with Crippen molar-refractivity contribution in [3.8, 4) is 0 Å². The highest BCUT2D eigenvalue weighted by Crippen LogP contribution is 2.38. The largest absolute Gasteiger partial charge is 0.356 e. The van der Waals surface area contributed by atoms with E-state index in [0.29, 0.717) is 17.9 Å². The first-order chi connectivity index (χ1) is 11.6. The SMILES string of the molecule is Cc1ccc(CN(C)[C@H]2C[C@H]3CNC(=O)C[C@H]3C2)c2ccccc12. The Morgan fingerprint density at radius 3 is 2.67 bits per heavy atom. The maximum atomic E-state index is 11.6. The van der Waals surface area contributed by atoms with Gasteiger partial charge in [-0.05, 0) is 60.5 Å². The Balaban J connectivity index is 1.52. The molecule has 0 unspecified atom stereocenters. The molecule has 4 rings (SSSR count). The van der Waals surface area contributed by atoms with Gasteiger partial charge < -0.3 is 5.32 Å². The lowest BCUT2D eigenvalue weighted by atomic mass is 9.89. The second-order valence-electron chi connectivity index (χ2n) is 7.66. The molecule has 2 aliphatic rings. The van der Waals surface area contributed by atoms with E-state index in [4.69, 9.17) is 0 Å². The fourth-order valence-corrected chi connectivity index (χ4v) is 4.64. The Labute approximate surface area is 144 Å². The van der Waals surface area contributed by atoms with E-state index < -0.39 is 0 Å². The molecule has 1 amide bonds. The quantitative estimate of drug-likeness (QED) is 0.938. The second-order valence-corrected chi connectivity index (χ2v) is 7.66. The van der Waals surface area contributed by atoms with Gasteiger partial charge in [0.15, 0.2) is 0 Å². The van der Waals surface area contributed by atoms with E-state index >= 15 is 0 Å². The Morgan fingerprint density at radius 2 is 1.83 bits per heavy atom. The van der Waals surface area contributed by atoms with Crippen molar-refractivity contribution in [2.45, 2.75) is 38.8 Å². The number of amides is 1. The number of carbonyl (C=O) groups excluding carboxylic acids is 1. The minimum absolute atomic E-state index is 0.240. The van der Waals surface area contributed by atoms with Gasteiger partial charge in [-0.25, -0.2) is 0 Å². The molecule has 3 heteroatoms. The predicted molar refractivity (Wildman–Crippen MR) is 97.8 cm³/mol. The third-order valence-electron chi connectivity index (χ3n) is 6.10. The Bertz CT molecular complexity index is 770. The average Bonchev–Trinajstić information content (AvgIpc) is 3.01. The smallest absolute Gasteiger partial charge is 0.220 e. The molecule has 0 radical (unpaired) electrons. The summed E-state index contributed by atoms with van der Waals surface area (Å²) in [6.07, 6.45) is 3.10. The lowest BCUT2D eigenvalue weighted by Gasteiger charge is -2.25. The summed E-state index contributed by atoms with van der Waals surface area (Å²) in [4.78, 5) is 14.1. The van der Waals surface area contributed by atoms with Crippen molar-refractivity contribution in [3.63, 3.8) is 0 Å². The van der Waals surface area contributed by atoms with E-state index in [0.717, 1.165) is 19.5 Å². The molecule has 1 N–H and O–H groups in total. The molecule has 1 heterocycles. The van der Waals surface area contributed by atoms with Crippen LogP contribution in [0.5, 0.6) is 0 Å². The van der Waals surface area contributed by atoms with Crippen LogP contribution in [0.25, 0.3) is 10.8 Å². The van der Waals surface area contributed by atoms with Gasteiger partial charge in [-0.15, -0.1) is 0 Å². The third kappa shape index (κ3) is 2.82. The van der Waals surface area contributed by atoms with Crippen LogP contribution in [0.1, 0.15) is 30.4 Å². The van der Waals surface area contributed by atoms with Crippen LogP contribution in [0.3, 0.4) is 0 Å². The van der Waals surface area contributed by atoms with Crippen molar-refractivity contribution in [1.29, 1.82) is 0 Å².